The number of aliphatic imine (C=N–C) groups is 1. The lowest BCUT2D eigenvalue weighted by Crippen LogP contribution is -2.21. The Morgan fingerprint density at radius 3 is 2.59 bits per heavy atom. The predicted molar refractivity (Wildman–Crippen MR) is 113 cm³/mol. The first-order chi connectivity index (χ1) is 13.1. The summed E-state index contributed by atoms with van der Waals surface area (Å²) in [6.45, 7) is 5.57. The molecule has 0 spiro atoms. The monoisotopic (exact) mass is 357 g/mol. The number of anilines is 1. The lowest BCUT2D eigenvalue weighted by atomic mass is 10.0. The number of hydrogen-bond donors (Lipinski definition) is 2. The van der Waals surface area contributed by atoms with Crippen LogP contribution in [0, 0.1) is 5.41 Å². The largest absolute Gasteiger partial charge is 0.321 e. The summed E-state index contributed by atoms with van der Waals surface area (Å²) >= 11 is 0. The highest BCUT2D eigenvalue weighted by Crippen LogP contribution is 2.40. The van der Waals surface area contributed by atoms with Gasteiger partial charge in [0.25, 0.3) is 5.91 Å². The highest BCUT2D eigenvalue weighted by molar-refractivity contribution is 6.48. The molecule has 27 heavy (non-hydrogen) atoms. The lowest BCUT2D eigenvalue weighted by Gasteiger charge is -2.08. The molecule has 0 aromatic heterocycles. The third-order valence-corrected chi connectivity index (χ3v) is 4.54. The van der Waals surface area contributed by atoms with E-state index in [2.05, 4.69) is 41.2 Å². The summed E-state index contributed by atoms with van der Waals surface area (Å²) in [7, 11) is 0. The summed E-state index contributed by atoms with van der Waals surface area (Å²) in [6, 6.07) is 15.6. The van der Waals surface area contributed by atoms with E-state index in [0.717, 1.165) is 22.6 Å². The molecule has 2 aromatic carbocycles. The van der Waals surface area contributed by atoms with Crippen LogP contribution in [0.25, 0.3) is 5.57 Å². The Kier molecular flexibility index (Phi) is 5.77. The Hall–Kier alpha value is -3.27. The minimum atomic E-state index is -0.314. The fourth-order valence-electron chi connectivity index (χ4n) is 2.88. The van der Waals surface area contributed by atoms with E-state index in [0.29, 0.717) is 5.69 Å². The molecule has 4 nitrogen and oxygen atoms in total. The first-order valence-electron chi connectivity index (χ1n) is 9.00. The zero-order valence-electron chi connectivity index (χ0n) is 15.4. The maximum atomic E-state index is 12.6. The topological polar surface area (TPSA) is 65.3 Å². The van der Waals surface area contributed by atoms with E-state index in [9.17, 15) is 4.79 Å². The van der Waals surface area contributed by atoms with Crippen LogP contribution in [0.3, 0.4) is 0 Å². The number of nitrogens with zero attached hydrogens (tertiary/aromatic N) is 1. The highest BCUT2D eigenvalue weighted by atomic mass is 16.1. The van der Waals surface area contributed by atoms with Gasteiger partial charge < -0.3 is 10.7 Å². The van der Waals surface area contributed by atoms with Crippen molar-refractivity contribution in [1.29, 1.82) is 5.41 Å². The molecule has 0 bridgehead atoms. The van der Waals surface area contributed by atoms with Gasteiger partial charge in [0.1, 0.15) is 5.71 Å². The van der Waals surface area contributed by atoms with Crippen molar-refractivity contribution in [2.45, 2.75) is 25.7 Å². The summed E-state index contributed by atoms with van der Waals surface area (Å²) in [6.07, 6.45) is 6.93. The van der Waals surface area contributed by atoms with Crippen LogP contribution in [0.5, 0.6) is 0 Å². The van der Waals surface area contributed by atoms with Crippen LogP contribution in [0.15, 0.2) is 72.4 Å². The lowest BCUT2D eigenvalue weighted by molar-refractivity contribution is -0.110. The molecule has 1 aliphatic rings. The molecule has 2 aromatic rings. The van der Waals surface area contributed by atoms with Gasteiger partial charge in [-0.15, -0.1) is 0 Å². The molecular weight excluding hydrogens is 334 g/mol. The van der Waals surface area contributed by atoms with Crippen molar-refractivity contribution < 1.29 is 4.79 Å². The average Bonchev–Trinajstić information content (AvgIpc) is 3.53. The SMILES string of the molecule is C=CN=C(/C=C(\C)c1ccc(C2CC2)cc1)C(=O)Nc1cccc(C=N)c1. The smallest absolute Gasteiger partial charge is 0.274 e. The molecule has 2 N–H and O–H groups in total. The van der Waals surface area contributed by atoms with E-state index in [4.69, 9.17) is 5.41 Å². The van der Waals surface area contributed by atoms with Crippen molar-refractivity contribution in [2.24, 2.45) is 4.99 Å². The summed E-state index contributed by atoms with van der Waals surface area (Å²) in [4.78, 5) is 16.8. The fourth-order valence-corrected chi connectivity index (χ4v) is 2.88. The van der Waals surface area contributed by atoms with E-state index in [1.807, 2.05) is 6.92 Å². The highest BCUT2D eigenvalue weighted by Gasteiger charge is 2.23. The second-order valence-electron chi connectivity index (χ2n) is 6.64. The first kappa shape index (κ1) is 18.5. The molecule has 136 valence electrons. The van der Waals surface area contributed by atoms with Gasteiger partial charge in [-0.2, -0.15) is 0 Å². The van der Waals surface area contributed by atoms with Crippen LogP contribution in [0.4, 0.5) is 5.69 Å². The number of hydrogen-bond acceptors (Lipinski definition) is 3. The van der Waals surface area contributed by atoms with E-state index < -0.39 is 0 Å². The Morgan fingerprint density at radius 2 is 1.96 bits per heavy atom. The Balaban J connectivity index is 1.77. The van der Waals surface area contributed by atoms with E-state index >= 15 is 0 Å². The molecule has 1 aliphatic carbocycles. The van der Waals surface area contributed by atoms with Crippen LogP contribution in [-0.2, 0) is 4.79 Å². The molecular formula is C23H23N3O. The molecule has 0 radical (unpaired) electrons. The zero-order chi connectivity index (χ0) is 19.2. The van der Waals surface area contributed by atoms with E-state index in [-0.39, 0.29) is 11.6 Å². The van der Waals surface area contributed by atoms with Gasteiger partial charge in [-0.05, 0) is 66.2 Å². The second-order valence-corrected chi connectivity index (χ2v) is 6.64. The molecule has 1 amide bonds. The first-order valence-corrected chi connectivity index (χ1v) is 9.00. The molecule has 3 rings (SSSR count). The maximum Gasteiger partial charge on any atom is 0.274 e. The zero-order valence-corrected chi connectivity index (χ0v) is 15.4. The summed E-state index contributed by atoms with van der Waals surface area (Å²) < 4.78 is 0. The standard InChI is InChI=1S/C23H23N3O/c1-3-25-22(23(27)26-21-6-4-5-17(14-21)15-24)13-16(2)18-7-9-19(10-8-18)20-11-12-20/h3-10,13-15,20,24H,1,11-12H2,2H3,(H,26,27)/b16-13+,24-15?,25-22?. The molecule has 1 saturated carbocycles. The van der Waals surface area contributed by atoms with Crippen LogP contribution in [0.1, 0.15) is 42.4 Å². The van der Waals surface area contributed by atoms with Gasteiger partial charge in [-0.3, -0.25) is 9.79 Å². The maximum absolute atomic E-state index is 12.6. The molecule has 4 heteroatoms. The van der Waals surface area contributed by atoms with Gasteiger partial charge in [0.05, 0.1) is 0 Å². The summed E-state index contributed by atoms with van der Waals surface area (Å²) in [5, 5.41) is 10.1. The number of benzene rings is 2. The van der Waals surface area contributed by atoms with Crippen molar-refractivity contribution in [1.82, 2.24) is 0 Å². The van der Waals surface area contributed by atoms with Crippen molar-refractivity contribution >= 4 is 29.1 Å². The average molecular weight is 357 g/mol. The third-order valence-electron chi connectivity index (χ3n) is 4.54. The number of carbonyl (C=O) groups excluding carboxylic acids is 1. The van der Waals surface area contributed by atoms with Crippen LogP contribution in [0.2, 0.25) is 0 Å². The minimum absolute atomic E-state index is 0.286. The predicted octanol–water partition coefficient (Wildman–Crippen LogP) is 5.19. The van der Waals surface area contributed by atoms with Crippen molar-refractivity contribution in [3.8, 4) is 0 Å². The van der Waals surface area contributed by atoms with Crippen molar-refractivity contribution in [3.05, 3.63) is 84.1 Å². The quantitative estimate of drug-likeness (QED) is 0.658. The van der Waals surface area contributed by atoms with Gasteiger partial charge in [-0.25, -0.2) is 0 Å². The molecule has 0 saturated heterocycles. The number of carbonyl (C=O) groups is 1. The number of allylic oxidation sites excluding steroid dienone is 1. The Bertz CT molecular complexity index is 919. The van der Waals surface area contributed by atoms with Gasteiger partial charge in [-0.1, -0.05) is 43.0 Å². The van der Waals surface area contributed by atoms with Crippen molar-refractivity contribution in [2.75, 3.05) is 5.32 Å². The van der Waals surface area contributed by atoms with Crippen molar-refractivity contribution in [3.63, 3.8) is 0 Å². The molecule has 0 atom stereocenters. The number of nitrogens with one attached hydrogen (secondary N) is 2. The second kappa shape index (κ2) is 8.41. The van der Waals surface area contributed by atoms with E-state index in [1.165, 1.54) is 30.8 Å². The Morgan fingerprint density at radius 1 is 1.22 bits per heavy atom. The molecule has 1 fully saturated rings. The van der Waals surface area contributed by atoms with Gasteiger partial charge in [0, 0.05) is 18.1 Å². The normalized spacial score (nSPS) is 14.6. The molecule has 0 aliphatic heterocycles. The number of rotatable bonds is 7. The summed E-state index contributed by atoms with van der Waals surface area (Å²) in [5.41, 5.74) is 5.04. The van der Waals surface area contributed by atoms with Crippen LogP contribution >= 0.6 is 0 Å². The molecule has 0 unspecified atom stereocenters. The summed E-state index contributed by atoms with van der Waals surface area (Å²) in [5.74, 6) is 0.412. The van der Waals surface area contributed by atoms with Gasteiger partial charge >= 0.3 is 0 Å². The van der Waals surface area contributed by atoms with E-state index in [1.54, 1.807) is 30.3 Å². The Labute approximate surface area is 159 Å². The number of amides is 1. The molecule has 0 heterocycles. The third kappa shape index (κ3) is 4.88. The van der Waals surface area contributed by atoms with Crippen LogP contribution in [-0.4, -0.2) is 17.8 Å². The van der Waals surface area contributed by atoms with Gasteiger partial charge in [0.15, 0.2) is 0 Å². The van der Waals surface area contributed by atoms with Crippen LogP contribution < -0.4 is 5.32 Å². The fraction of sp³-hybridized carbons (Fsp3) is 0.174. The minimum Gasteiger partial charge on any atom is -0.321 e. The van der Waals surface area contributed by atoms with Gasteiger partial charge in [0.2, 0.25) is 0 Å².